The van der Waals surface area contributed by atoms with Crippen LogP contribution in [0, 0.1) is 6.92 Å². The Morgan fingerprint density at radius 1 is 1.33 bits per heavy atom. The van der Waals surface area contributed by atoms with E-state index in [1.807, 2.05) is 0 Å². The Bertz CT molecular complexity index is 397. The van der Waals surface area contributed by atoms with Gasteiger partial charge < -0.3 is 14.6 Å². The van der Waals surface area contributed by atoms with E-state index >= 15 is 0 Å². The highest BCUT2D eigenvalue weighted by atomic mass is 16.7. The van der Waals surface area contributed by atoms with E-state index in [2.05, 4.69) is 9.47 Å². The number of carbonyl (C=O) groups is 2. The van der Waals surface area contributed by atoms with Crippen molar-refractivity contribution in [3.8, 4) is 5.75 Å². The molecule has 5 heteroatoms. The molecule has 0 aliphatic carbocycles. The molecular weight excluding hydrogens is 200 g/mol. The molecule has 1 N–H and O–H groups in total. The molecule has 1 aromatic rings. The van der Waals surface area contributed by atoms with Crippen molar-refractivity contribution in [1.82, 2.24) is 0 Å². The number of carboxylic acid groups (broad SMARTS) is 1. The van der Waals surface area contributed by atoms with E-state index in [0.29, 0.717) is 11.1 Å². The highest BCUT2D eigenvalue weighted by molar-refractivity contribution is 5.89. The summed E-state index contributed by atoms with van der Waals surface area (Å²) < 4.78 is 8.99. The van der Waals surface area contributed by atoms with Gasteiger partial charge in [0.1, 0.15) is 5.75 Å². The summed E-state index contributed by atoms with van der Waals surface area (Å²) in [5.74, 6) is -0.268. The van der Waals surface area contributed by atoms with Crippen molar-refractivity contribution in [3.05, 3.63) is 29.3 Å². The second kappa shape index (κ2) is 4.45. The highest BCUT2D eigenvalue weighted by Gasteiger charge is 2.09. The summed E-state index contributed by atoms with van der Waals surface area (Å²) in [7, 11) is 1.28. The van der Waals surface area contributed by atoms with Crippen LogP contribution >= 0.6 is 0 Å². The summed E-state index contributed by atoms with van der Waals surface area (Å²) in [6.45, 7) is 1.64. The van der Waals surface area contributed by atoms with Crippen LogP contribution < -0.4 is 4.74 Å². The first-order valence-electron chi connectivity index (χ1n) is 4.14. The fourth-order valence-corrected chi connectivity index (χ4v) is 1.10. The Labute approximate surface area is 86.2 Å². The standard InChI is InChI=1S/C10H10O5/c1-6-5-7(9(11)14-2)3-4-8(6)15-10(12)13/h3-5H,1-2H3,(H,12,13). The molecule has 0 unspecified atom stereocenters. The minimum Gasteiger partial charge on any atom is -0.465 e. The molecule has 80 valence electrons. The maximum atomic E-state index is 11.1. The van der Waals surface area contributed by atoms with Crippen molar-refractivity contribution >= 4 is 12.1 Å². The van der Waals surface area contributed by atoms with Crippen LogP contribution in [0.3, 0.4) is 0 Å². The zero-order valence-electron chi connectivity index (χ0n) is 8.31. The predicted molar refractivity (Wildman–Crippen MR) is 51.2 cm³/mol. The van der Waals surface area contributed by atoms with E-state index in [4.69, 9.17) is 5.11 Å². The molecule has 0 aromatic heterocycles. The van der Waals surface area contributed by atoms with Gasteiger partial charge >= 0.3 is 12.1 Å². The molecule has 5 nitrogen and oxygen atoms in total. The van der Waals surface area contributed by atoms with Gasteiger partial charge in [-0.3, -0.25) is 0 Å². The SMILES string of the molecule is COC(=O)c1ccc(OC(=O)O)c(C)c1. The second-order valence-electron chi connectivity index (χ2n) is 2.84. The number of hydrogen-bond donors (Lipinski definition) is 1. The fraction of sp³-hybridized carbons (Fsp3) is 0.200. The summed E-state index contributed by atoms with van der Waals surface area (Å²) in [6, 6.07) is 4.36. The van der Waals surface area contributed by atoms with Crippen LogP contribution in [0.1, 0.15) is 15.9 Å². The van der Waals surface area contributed by atoms with E-state index in [-0.39, 0.29) is 5.75 Å². The summed E-state index contributed by atoms with van der Waals surface area (Å²) >= 11 is 0. The molecule has 0 bridgehead atoms. The molecule has 1 aromatic carbocycles. The molecule has 0 atom stereocenters. The normalized spacial score (nSPS) is 9.47. The van der Waals surface area contributed by atoms with Crippen LogP contribution in [0.25, 0.3) is 0 Å². The molecule has 0 saturated heterocycles. The Morgan fingerprint density at radius 3 is 2.47 bits per heavy atom. The maximum Gasteiger partial charge on any atom is 0.511 e. The molecular formula is C10H10O5. The number of hydrogen-bond acceptors (Lipinski definition) is 4. The first-order chi connectivity index (χ1) is 7.04. The van der Waals surface area contributed by atoms with Gasteiger partial charge in [0.15, 0.2) is 0 Å². The molecule has 0 fully saturated rings. The van der Waals surface area contributed by atoms with Gasteiger partial charge in [-0.2, -0.15) is 0 Å². The minimum atomic E-state index is -1.39. The first-order valence-corrected chi connectivity index (χ1v) is 4.14. The molecule has 0 heterocycles. The number of ether oxygens (including phenoxy) is 2. The largest absolute Gasteiger partial charge is 0.511 e. The number of aryl methyl sites for hydroxylation is 1. The van der Waals surface area contributed by atoms with Gasteiger partial charge in [-0.05, 0) is 30.7 Å². The van der Waals surface area contributed by atoms with Crippen molar-refractivity contribution < 1.29 is 24.2 Å². The lowest BCUT2D eigenvalue weighted by molar-refractivity contribution is 0.0600. The van der Waals surface area contributed by atoms with Gasteiger partial charge in [-0.1, -0.05) is 0 Å². The Kier molecular flexibility index (Phi) is 3.28. The number of benzene rings is 1. The zero-order valence-corrected chi connectivity index (χ0v) is 8.31. The Hall–Kier alpha value is -2.04. The molecule has 0 aliphatic rings. The molecule has 0 aliphatic heterocycles. The average molecular weight is 210 g/mol. The molecule has 1 rings (SSSR count). The summed E-state index contributed by atoms with van der Waals surface area (Å²) in [4.78, 5) is 21.4. The lowest BCUT2D eigenvalue weighted by Crippen LogP contribution is -2.06. The zero-order chi connectivity index (χ0) is 11.4. The number of methoxy groups -OCH3 is 1. The van der Waals surface area contributed by atoms with Crippen molar-refractivity contribution in [3.63, 3.8) is 0 Å². The topological polar surface area (TPSA) is 72.8 Å². The van der Waals surface area contributed by atoms with Gasteiger partial charge in [-0.25, -0.2) is 9.59 Å². The fourth-order valence-electron chi connectivity index (χ4n) is 1.10. The average Bonchev–Trinajstić information content (AvgIpc) is 2.19. The predicted octanol–water partition coefficient (Wildman–Crippen LogP) is 1.84. The highest BCUT2D eigenvalue weighted by Crippen LogP contribution is 2.19. The summed E-state index contributed by atoms with van der Waals surface area (Å²) in [6.07, 6.45) is -1.39. The summed E-state index contributed by atoms with van der Waals surface area (Å²) in [5.41, 5.74) is 0.910. The van der Waals surface area contributed by atoms with E-state index in [9.17, 15) is 9.59 Å². The third kappa shape index (κ3) is 2.70. The van der Waals surface area contributed by atoms with E-state index < -0.39 is 12.1 Å². The van der Waals surface area contributed by atoms with Crippen LogP contribution in [0.2, 0.25) is 0 Å². The quantitative estimate of drug-likeness (QED) is 0.595. The van der Waals surface area contributed by atoms with Gasteiger partial charge in [0.25, 0.3) is 0 Å². The van der Waals surface area contributed by atoms with Crippen molar-refractivity contribution in [2.24, 2.45) is 0 Å². The maximum absolute atomic E-state index is 11.1. The van der Waals surface area contributed by atoms with E-state index in [1.165, 1.54) is 25.3 Å². The van der Waals surface area contributed by atoms with Crippen LogP contribution in [0.4, 0.5) is 4.79 Å². The van der Waals surface area contributed by atoms with Crippen molar-refractivity contribution in [2.45, 2.75) is 6.92 Å². The number of rotatable bonds is 2. The van der Waals surface area contributed by atoms with Crippen LogP contribution in [0.5, 0.6) is 5.75 Å². The second-order valence-corrected chi connectivity index (χ2v) is 2.84. The molecule has 15 heavy (non-hydrogen) atoms. The van der Waals surface area contributed by atoms with Crippen LogP contribution in [0.15, 0.2) is 18.2 Å². The van der Waals surface area contributed by atoms with Crippen molar-refractivity contribution in [1.29, 1.82) is 0 Å². The van der Waals surface area contributed by atoms with Crippen LogP contribution in [-0.4, -0.2) is 24.3 Å². The third-order valence-electron chi connectivity index (χ3n) is 1.79. The van der Waals surface area contributed by atoms with Gasteiger partial charge in [0.05, 0.1) is 12.7 Å². The number of esters is 1. The smallest absolute Gasteiger partial charge is 0.465 e. The third-order valence-corrected chi connectivity index (χ3v) is 1.79. The minimum absolute atomic E-state index is 0.204. The Morgan fingerprint density at radius 2 is 2.00 bits per heavy atom. The molecule has 0 amide bonds. The van der Waals surface area contributed by atoms with Crippen LogP contribution in [-0.2, 0) is 4.74 Å². The number of carbonyl (C=O) groups excluding carboxylic acids is 1. The van der Waals surface area contributed by atoms with Gasteiger partial charge in [0.2, 0.25) is 0 Å². The lowest BCUT2D eigenvalue weighted by atomic mass is 10.1. The van der Waals surface area contributed by atoms with Gasteiger partial charge in [0, 0.05) is 0 Å². The molecule has 0 radical (unpaired) electrons. The summed E-state index contributed by atoms with van der Waals surface area (Å²) in [5, 5.41) is 8.40. The molecule has 0 saturated carbocycles. The van der Waals surface area contributed by atoms with E-state index in [1.54, 1.807) is 6.92 Å². The molecule has 0 spiro atoms. The van der Waals surface area contributed by atoms with E-state index in [0.717, 1.165) is 0 Å². The monoisotopic (exact) mass is 210 g/mol. The first kappa shape index (κ1) is 11.0. The van der Waals surface area contributed by atoms with Crippen molar-refractivity contribution in [2.75, 3.05) is 7.11 Å². The lowest BCUT2D eigenvalue weighted by Gasteiger charge is -2.05. The van der Waals surface area contributed by atoms with Gasteiger partial charge in [-0.15, -0.1) is 0 Å². The Balaban J connectivity index is 2.97.